The van der Waals surface area contributed by atoms with E-state index in [2.05, 4.69) is 22.4 Å². The number of hydrogen-bond donors (Lipinski definition) is 1. The van der Waals surface area contributed by atoms with Crippen LogP contribution in [-0.4, -0.2) is 12.1 Å². The highest BCUT2D eigenvalue weighted by atomic mass is 35.5. The Kier molecular flexibility index (Phi) is 3.79. The molecule has 0 aliphatic heterocycles. The number of ether oxygens (including phenoxy) is 1. The lowest BCUT2D eigenvalue weighted by molar-refractivity contribution is 0.413. The lowest BCUT2D eigenvalue weighted by Gasteiger charge is -2.28. The number of aromatic nitrogens is 1. The first-order valence-electron chi connectivity index (χ1n) is 6.81. The molecule has 20 heavy (non-hydrogen) atoms. The molecule has 0 saturated carbocycles. The van der Waals surface area contributed by atoms with Gasteiger partial charge in [-0.2, -0.15) is 0 Å². The van der Waals surface area contributed by atoms with Gasteiger partial charge in [0.1, 0.15) is 5.75 Å². The number of methoxy groups -OCH3 is 1. The molecule has 3 nitrogen and oxygen atoms in total. The van der Waals surface area contributed by atoms with E-state index < -0.39 is 0 Å². The third kappa shape index (κ3) is 2.59. The number of fused-ring (bicyclic) bond motifs is 1. The highest BCUT2D eigenvalue weighted by molar-refractivity contribution is 6.33. The number of halogens is 1. The number of aryl methyl sites for hydroxylation is 1. The summed E-state index contributed by atoms with van der Waals surface area (Å²) in [7, 11) is 1.70. The van der Waals surface area contributed by atoms with Crippen molar-refractivity contribution in [3.8, 4) is 5.75 Å². The van der Waals surface area contributed by atoms with Gasteiger partial charge in [-0.05, 0) is 48.6 Å². The van der Waals surface area contributed by atoms with Crippen LogP contribution in [0.1, 0.15) is 30.0 Å². The average molecular weight is 289 g/mol. The Morgan fingerprint density at radius 2 is 2.25 bits per heavy atom. The first kappa shape index (κ1) is 13.3. The molecule has 1 aromatic carbocycles. The molecule has 3 rings (SSSR count). The molecule has 0 radical (unpaired) electrons. The van der Waals surface area contributed by atoms with Crippen LogP contribution in [-0.2, 0) is 6.42 Å². The SMILES string of the molecule is COc1ccc2c(c1)C(Nc1cnccc1Cl)CCC2. The molecule has 0 bridgehead atoms. The van der Waals surface area contributed by atoms with Gasteiger partial charge in [0.25, 0.3) is 0 Å². The van der Waals surface area contributed by atoms with E-state index in [1.807, 2.05) is 6.07 Å². The van der Waals surface area contributed by atoms with Crippen LogP contribution in [0.25, 0.3) is 0 Å². The molecule has 1 aliphatic rings. The second-order valence-electron chi connectivity index (χ2n) is 5.01. The summed E-state index contributed by atoms with van der Waals surface area (Å²) in [5.74, 6) is 0.898. The van der Waals surface area contributed by atoms with Gasteiger partial charge in [0.15, 0.2) is 0 Å². The van der Waals surface area contributed by atoms with E-state index in [0.29, 0.717) is 5.02 Å². The van der Waals surface area contributed by atoms with Crippen molar-refractivity contribution in [3.63, 3.8) is 0 Å². The van der Waals surface area contributed by atoms with Gasteiger partial charge in [0, 0.05) is 6.20 Å². The summed E-state index contributed by atoms with van der Waals surface area (Å²) < 4.78 is 5.34. The Balaban J connectivity index is 1.91. The monoisotopic (exact) mass is 288 g/mol. The second-order valence-corrected chi connectivity index (χ2v) is 5.42. The van der Waals surface area contributed by atoms with Crippen LogP contribution in [0.5, 0.6) is 5.75 Å². The molecule has 0 saturated heterocycles. The van der Waals surface area contributed by atoms with Crippen molar-refractivity contribution in [3.05, 3.63) is 52.8 Å². The van der Waals surface area contributed by atoms with Crippen LogP contribution in [0.4, 0.5) is 5.69 Å². The maximum Gasteiger partial charge on any atom is 0.119 e. The molecule has 1 N–H and O–H groups in total. The summed E-state index contributed by atoms with van der Waals surface area (Å²) in [5, 5.41) is 4.21. The first-order valence-corrected chi connectivity index (χ1v) is 7.18. The van der Waals surface area contributed by atoms with Crippen LogP contribution in [0.15, 0.2) is 36.7 Å². The number of pyridine rings is 1. The highest BCUT2D eigenvalue weighted by Gasteiger charge is 2.21. The molecular weight excluding hydrogens is 272 g/mol. The van der Waals surface area contributed by atoms with Crippen molar-refractivity contribution in [2.45, 2.75) is 25.3 Å². The highest BCUT2D eigenvalue weighted by Crippen LogP contribution is 2.35. The smallest absolute Gasteiger partial charge is 0.119 e. The molecule has 4 heteroatoms. The van der Waals surface area contributed by atoms with E-state index >= 15 is 0 Å². The quantitative estimate of drug-likeness (QED) is 0.917. The minimum absolute atomic E-state index is 0.260. The largest absolute Gasteiger partial charge is 0.497 e. The van der Waals surface area contributed by atoms with Gasteiger partial charge in [0.2, 0.25) is 0 Å². The lowest BCUT2D eigenvalue weighted by atomic mass is 9.87. The zero-order chi connectivity index (χ0) is 13.9. The van der Waals surface area contributed by atoms with Crippen molar-refractivity contribution >= 4 is 17.3 Å². The average Bonchev–Trinajstić information content (AvgIpc) is 2.49. The Labute approximate surface area is 123 Å². The third-order valence-corrected chi connectivity index (χ3v) is 4.09. The number of benzene rings is 1. The fourth-order valence-corrected chi connectivity index (χ4v) is 2.89. The zero-order valence-corrected chi connectivity index (χ0v) is 12.2. The molecule has 0 fully saturated rings. The van der Waals surface area contributed by atoms with E-state index in [9.17, 15) is 0 Å². The van der Waals surface area contributed by atoms with Crippen LogP contribution < -0.4 is 10.1 Å². The predicted molar refractivity (Wildman–Crippen MR) is 81.5 cm³/mol. The summed E-state index contributed by atoms with van der Waals surface area (Å²) in [6.07, 6.45) is 6.86. The molecule has 1 aromatic heterocycles. The number of rotatable bonds is 3. The van der Waals surface area contributed by atoms with Crippen LogP contribution in [0.2, 0.25) is 5.02 Å². The van der Waals surface area contributed by atoms with Gasteiger partial charge in [-0.25, -0.2) is 0 Å². The Hall–Kier alpha value is -1.74. The molecule has 0 amide bonds. The van der Waals surface area contributed by atoms with Crippen LogP contribution >= 0.6 is 11.6 Å². The summed E-state index contributed by atoms with van der Waals surface area (Å²) in [4.78, 5) is 4.13. The number of nitrogens with one attached hydrogen (secondary N) is 1. The van der Waals surface area contributed by atoms with Gasteiger partial charge in [-0.15, -0.1) is 0 Å². The fraction of sp³-hybridized carbons (Fsp3) is 0.312. The van der Waals surface area contributed by atoms with E-state index in [-0.39, 0.29) is 6.04 Å². The Bertz CT molecular complexity index is 615. The lowest BCUT2D eigenvalue weighted by Crippen LogP contribution is -2.17. The van der Waals surface area contributed by atoms with E-state index in [0.717, 1.165) is 24.3 Å². The molecule has 2 aromatic rings. The number of hydrogen-bond acceptors (Lipinski definition) is 3. The van der Waals surface area contributed by atoms with Gasteiger partial charge < -0.3 is 10.1 Å². The number of nitrogens with zero attached hydrogens (tertiary/aromatic N) is 1. The molecule has 0 spiro atoms. The number of anilines is 1. The van der Waals surface area contributed by atoms with Gasteiger partial charge >= 0.3 is 0 Å². The minimum Gasteiger partial charge on any atom is -0.497 e. The predicted octanol–water partition coefficient (Wildman–Crippen LogP) is 4.23. The van der Waals surface area contributed by atoms with E-state index in [1.165, 1.54) is 17.5 Å². The molecule has 1 aliphatic carbocycles. The van der Waals surface area contributed by atoms with Gasteiger partial charge in [0.05, 0.1) is 30.1 Å². The Morgan fingerprint density at radius 1 is 1.35 bits per heavy atom. The summed E-state index contributed by atoms with van der Waals surface area (Å²) in [6, 6.07) is 8.37. The molecule has 104 valence electrons. The van der Waals surface area contributed by atoms with Crippen LogP contribution in [0.3, 0.4) is 0 Å². The second kappa shape index (κ2) is 5.71. The molecule has 1 heterocycles. The van der Waals surface area contributed by atoms with Gasteiger partial charge in [-0.1, -0.05) is 17.7 Å². The maximum absolute atomic E-state index is 6.20. The molecule has 1 atom stereocenters. The maximum atomic E-state index is 6.20. The van der Waals surface area contributed by atoms with Crippen molar-refractivity contribution < 1.29 is 4.74 Å². The van der Waals surface area contributed by atoms with Crippen LogP contribution in [0, 0.1) is 0 Å². The zero-order valence-electron chi connectivity index (χ0n) is 11.4. The first-order chi connectivity index (χ1) is 9.78. The molecular formula is C16H17ClN2O. The Morgan fingerprint density at radius 3 is 3.05 bits per heavy atom. The summed E-state index contributed by atoms with van der Waals surface area (Å²) >= 11 is 6.20. The van der Waals surface area contributed by atoms with Crippen molar-refractivity contribution in [1.29, 1.82) is 0 Å². The fourth-order valence-electron chi connectivity index (χ4n) is 2.73. The van der Waals surface area contributed by atoms with Gasteiger partial charge in [-0.3, -0.25) is 4.98 Å². The van der Waals surface area contributed by atoms with Crippen molar-refractivity contribution in [2.24, 2.45) is 0 Å². The summed E-state index contributed by atoms with van der Waals surface area (Å²) in [5.41, 5.74) is 3.57. The summed E-state index contributed by atoms with van der Waals surface area (Å²) in [6.45, 7) is 0. The van der Waals surface area contributed by atoms with Crippen molar-refractivity contribution in [2.75, 3.05) is 12.4 Å². The van der Waals surface area contributed by atoms with E-state index in [4.69, 9.17) is 16.3 Å². The minimum atomic E-state index is 0.260. The third-order valence-electron chi connectivity index (χ3n) is 3.76. The standard InChI is InChI=1S/C16H17ClN2O/c1-20-12-6-5-11-3-2-4-15(13(11)9-12)19-16-10-18-8-7-14(16)17/h5-10,15,19H,2-4H2,1H3. The topological polar surface area (TPSA) is 34.1 Å². The molecule has 1 unspecified atom stereocenters. The van der Waals surface area contributed by atoms with E-state index in [1.54, 1.807) is 25.6 Å². The normalized spacial score (nSPS) is 17.4. The van der Waals surface area contributed by atoms with Crippen molar-refractivity contribution in [1.82, 2.24) is 4.98 Å².